The Balaban J connectivity index is 2.26. The van der Waals surface area contributed by atoms with Crippen molar-refractivity contribution in [2.45, 2.75) is 31.7 Å². The minimum absolute atomic E-state index is 0.102. The molecule has 0 spiro atoms. The van der Waals surface area contributed by atoms with Crippen LogP contribution in [0.15, 0.2) is 24.3 Å². The van der Waals surface area contributed by atoms with Gasteiger partial charge in [-0.2, -0.15) is 21.6 Å². The smallest absolute Gasteiger partial charge is 0.465 e. The SMILES string of the molecule is COC(=O)c1cc2c(nc1OS(=O)(=O)C(F)(F)F)-c1cc(C)ccc1CC2C. The second-order valence-electron chi connectivity index (χ2n) is 6.52. The van der Waals surface area contributed by atoms with Crippen LogP contribution in [-0.4, -0.2) is 32.0 Å². The third kappa shape index (κ3) is 3.44. The van der Waals surface area contributed by atoms with E-state index < -0.39 is 33.0 Å². The first-order valence-corrected chi connectivity index (χ1v) is 9.59. The summed E-state index contributed by atoms with van der Waals surface area (Å²) in [5.41, 5.74) is -2.83. The van der Waals surface area contributed by atoms with Crippen LogP contribution in [0.1, 0.15) is 39.9 Å². The summed E-state index contributed by atoms with van der Waals surface area (Å²) in [4.78, 5) is 16.1. The fourth-order valence-electron chi connectivity index (χ4n) is 3.10. The second kappa shape index (κ2) is 6.77. The van der Waals surface area contributed by atoms with Crippen LogP contribution in [-0.2, 0) is 21.3 Å². The first kappa shape index (κ1) is 20.1. The number of pyridine rings is 1. The molecule has 1 heterocycles. The molecule has 1 aliphatic carbocycles. The number of hydrogen-bond acceptors (Lipinski definition) is 6. The van der Waals surface area contributed by atoms with Crippen molar-refractivity contribution in [1.29, 1.82) is 0 Å². The van der Waals surface area contributed by atoms with Gasteiger partial charge in [0.15, 0.2) is 0 Å². The van der Waals surface area contributed by atoms with Crippen LogP contribution < -0.4 is 4.18 Å². The van der Waals surface area contributed by atoms with Gasteiger partial charge in [-0.15, -0.1) is 0 Å². The average molecular weight is 415 g/mol. The molecule has 0 fully saturated rings. The third-order valence-corrected chi connectivity index (χ3v) is 5.42. The summed E-state index contributed by atoms with van der Waals surface area (Å²) in [7, 11) is -4.99. The summed E-state index contributed by atoms with van der Waals surface area (Å²) in [6, 6.07) is 6.86. The molecular formula is C18H16F3NO5S. The summed E-state index contributed by atoms with van der Waals surface area (Å²) >= 11 is 0. The molecule has 10 heteroatoms. The Bertz CT molecular complexity index is 1060. The van der Waals surface area contributed by atoms with E-state index in [1.807, 2.05) is 26.0 Å². The summed E-state index contributed by atoms with van der Waals surface area (Å²) in [6.45, 7) is 3.71. The van der Waals surface area contributed by atoms with Crippen LogP contribution in [0.3, 0.4) is 0 Å². The zero-order valence-electron chi connectivity index (χ0n) is 15.1. The highest BCUT2D eigenvalue weighted by atomic mass is 32.2. The summed E-state index contributed by atoms with van der Waals surface area (Å²) in [6.07, 6.45) is 0.631. The van der Waals surface area contributed by atoms with Gasteiger partial charge in [-0.05, 0) is 42.5 Å². The number of nitrogens with zero attached hydrogens (tertiary/aromatic N) is 1. The third-order valence-electron chi connectivity index (χ3n) is 4.47. The van der Waals surface area contributed by atoms with Crippen LogP contribution in [0.5, 0.6) is 5.88 Å². The van der Waals surface area contributed by atoms with E-state index in [1.165, 1.54) is 6.07 Å². The van der Waals surface area contributed by atoms with Crippen LogP contribution in [0.4, 0.5) is 13.2 Å². The summed E-state index contributed by atoms with van der Waals surface area (Å²) in [5, 5.41) is 0. The normalized spacial score (nSPS) is 16.1. The zero-order valence-corrected chi connectivity index (χ0v) is 15.9. The van der Waals surface area contributed by atoms with Gasteiger partial charge in [0, 0.05) is 5.56 Å². The zero-order chi connectivity index (χ0) is 20.9. The van der Waals surface area contributed by atoms with E-state index in [0.29, 0.717) is 17.5 Å². The number of aromatic nitrogens is 1. The number of carbonyl (C=O) groups excluding carboxylic acids is 1. The predicted molar refractivity (Wildman–Crippen MR) is 93.5 cm³/mol. The number of aryl methyl sites for hydroxylation is 1. The number of halogens is 3. The molecule has 1 aliphatic rings. The average Bonchev–Trinajstić information content (AvgIpc) is 2.60. The molecule has 0 saturated carbocycles. The number of carbonyl (C=O) groups is 1. The quantitative estimate of drug-likeness (QED) is 0.432. The Hall–Kier alpha value is -2.62. The largest absolute Gasteiger partial charge is 0.534 e. The van der Waals surface area contributed by atoms with Gasteiger partial charge in [-0.25, -0.2) is 9.78 Å². The lowest BCUT2D eigenvalue weighted by atomic mass is 9.81. The van der Waals surface area contributed by atoms with Gasteiger partial charge in [0.25, 0.3) is 0 Å². The first-order chi connectivity index (χ1) is 12.9. The fraction of sp³-hybridized carbons (Fsp3) is 0.333. The number of ether oxygens (including phenoxy) is 1. The van der Waals surface area contributed by atoms with Crippen molar-refractivity contribution in [3.63, 3.8) is 0 Å². The molecule has 1 atom stereocenters. The monoisotopic (exact) mass is 415 g/mol. The van der Waals surface area contributed by atoms with Crippen molar-refractivity contribution in [1.82, 2.24) is 4.98 Å². The predicted octanol–water partition coefficient (Wildman–Crippen LogP) is 3.73. The summed E-state index contributed by atoms with van der Waals surface area (Å²) < 4.78 is 70.0. The van der Waals surface area contributed by atoms with E-state index >= 15 is 0 Å². The number of alkyl halides is 3. The van der Waals surface area contributed by atoms with Crippen LogP contribution in [0, 0.1) is 6.92 Å². The molecule has 0 radical (unpaired) electrons. The maximum atomic E-state index is 12.8. The number of rotatable bonds is 3. The molecule has 28 heavy (non-hydrogen) atoms. The molecule has 2 aromatic rings. The van der Waals surface area contributed by atoms with Gasteiger partial charge in [0.1, 0.15) is 5.56 Å². The Morgan fingerprint density at radius 3 is 2.54 bits per heavy atom. The molecule has 6 nitrogen and oxygen atoms in total. The van der Waals surface area contributed by atoms with Crippen molar-refractivity contribution < 1.29 is 35.3 Å². The lowest BCUT2D eigenvalue weighted by Gasteiger charge is -2.26. The molecule has 0 amide bonds. The second-order valence-corrected chi connectivity index (χ2v) is 8.06. The molecule has 0 N–H and O–H groups in total. The molecule has 0 aliphatic heterocycles. The maximum absolute atomic E-state index is 12.8. The van der Waals surface area contributed by atoms with Crippen molar-refractivity contribution >= 4 is 16.1 Å². The van der Waals surface area contributed by atoms with E-state index in [9.17, 15) is 26.4 Å². The highest BCUT2D eigenvalue weighted by Gasteiger charge is 2.49. The highest BCUT2D eigenvalue weighted by Crippen LogP contribution is 2.41. The van der Waals surface area contributed by atoms with Crippen LogP contribution in [0.25, 0.3) is 11.3 Å². The number of esters is 1. The van der Waals surface area contributed by atoms with E-state index in [4.69, 9.17) is 0 Å². The standard InChI is InChI=1S/C18H16F3NO5S/c1-9-4-5-11-7-10(2)12-8-14(17(23)26-3)16(22-15(12)13(11)6-9)27-28(24,25)18(19,20)21/h4-6,8,10H,7H2,1-3H3. The Morgan fingerprint density at radius 2 is 1.93 bits per heavy atom. The Labute approximate surface area is 159 Å². The molecule has 0 saturated heterocycles. The van der Waals surface area contributed by atoms with Crippen molar-refractivity contribution in [2.24, 2.45) is 0 Å². The summed E-state index contributed by atoms with van der Waals surface area (Å²) in [5.74, 6) is -2.12. The highest BCUT2D eigenvalue weighted by molar-refractivity contribution is 7.88. The number of hydrogen-bond donors (Lipinski definition) is 0. The number of methoxy groups -OCH3 is 1. The molecular weight excluding hydrogens is 399 g/mol. The van der Waals surface area contributed by atoms with E-state index in [1.54, 1.807) is 6.07 Å². The number of fused-ring (bicyclic) bond motifs is 3. The van der Waals surface area contributed by atoms with Gasteiger partial charge in [-0.3, -0.25) is 0 Å². The lowest BCUT2D eigenvalue weighted by Crippen LogP contribution is -2.29. The minimum atomic E-state index is -6.01. The molecule has 1 unspecified atom stereocenters. The molecule has 0 bridgehead atoms. The molecule has 1 aromatic heterocycles. The van der Waals surface area contributed by atoms with Crippen molar-refractivity contribution in [2.75, 3.05) is 7.11 Å². The molecule has 1 aromatic carbocycles. The van der Waals surface area contributed by atoms with Gasteiger partial charge in [0.2, 0.25) is 5.88 Å². The van der Waals surface area contributed by atoms with Gasteiger partial charge in [-0.1, -0.05) is 24.6 Å². The maximum Gasteiger partial charge on any atom is 0.534 e. The first-order valence-electron chi connectivity index (χ1n) is 8.18. The van der Waals surface area contributed by atoms with E-state index in [0.717, 1.165) is 18.2 Å². The van der Waals surface area contributed by atoms with E-state index in [-0.39, 0.29) is 11.6 Å². The van der Waals surface area contributed by atoms with Crippen LogP contribution >= 0.6 is 0 Å². The Morgan fingerprint density at radius 1 is 1.25 bits per heavy atom. The van der Waals surface area contributed by atoms with Crippen LogP contribution in [0.2, 0.25) is 0 Å². The minimum Gasteiger partial charge on any atom is -0.465 e. The molecule has 150 valence electrons. The van der Waals surface area contributed by atoms with Gasteiger partial charge in [0.05, 0.1) is 12.8 Å². The van der Waals surface area contributed by atoms with Crippen molar-refractivity contribution in [3.05, 3.63) is 46.5 Å². The molecule has 3 rings (SSSR count). The van der Waals surface area contributed by atoms with Gasteiger partial charge < -0.3 is 8.92 Å². The van der Waals surface area contributed by atoms with E-state index in [2.05, 4.69) is 13.9 Å². The van der Waals surface area contributed by atoms with Crippen molar-refractivity contribution in [3.8, 4) is 17.1 Å². The Kier molecular flexibility index (Phi) is 4.86. The number of benzene rings is 1. The fourth-order valence-corrected chi connectivity index (χ4v) is 3.53. The topological polar surface area (TPSA) is 82.6 Å². The lowest BCUT2D eigenvalue weighted by molar-refractivity contribution is -0.0501. The van der Waals surface area contributed by atoms with Gasteiger partial charge >= 0.3 is 21.6 Å².